The van der Waals surface area contributed by atoms with Crippen molar-refractivity contribution in [3.63, 3.8) is 0 Å². The van der Waals surface area contributed by atoms with Crippen LogP contribution in [0.1, 0.15) is 20.1 Å². The first-order valence-corrected chi connectivity index (χ1v) is 8.34. The summed E-state index contributed by atoms with van der Waals surface area (Å²) in [6, 6.07) is 0. The van der Waals surface area contributed by atoms with E-state index in [1.54, 1.807) is 0 Å². The molecule has 0 N–H and O–H groups in total. The molecular weight excluding hydrogens is 424 g/mol. The number of esters is 2. The van der Waals surface area contributed by atoms with Gasteiger partial charge >= 0.3 is 17.6 Å². The smallest absolute Gasteiger partial charge is 0.351 e. The van der Waals surface area contributed by atoms with Gasteiger partial charge in [0, 0.05) is 27.2 Å². The van der Waals surface area contributed by atoms with Crippen LogP contribution in [0.4, 0.5) is 0 Å². The zero-order valence-corrected chi connectivity index (χ0v) is 15.9. The van der Waals surface area contributed by atoms with Gasteiger partial charge in [-0.3, -0.25) is 14.2 Å². The molecule has 1 unspecified atom stereocenters. The van der Waals surface area contributed by atoms with Crippen molar-refractivity contribution in [2.24, 2.45) is 0 Å². The van der Waals surface area contributed by atoms with Crippen molar-refractivity contribution >= 4 is 39.5 Å². The third-order valence-electron chi connectivity index (χ3n) is 3.45. The van der Waals surface area contributed by atoms with E-state index in [1.807, 2.05) is 0 Å². The highest BCUT2D eigenvalue weighted by Gasteiger charge is 2.49. The lowest BCUT2D eigenvalue weighted by atomic mass is 10.1. The van der Waals surface area contributed by atoms with E-state index in [2.05, 4.69) is 20.9 Å². The van der Waals surface area contributed by atoms with Gasteiger partial charge in [0.15, 0.2) is 17.5 Å². The molecule has 0 aliphatic carbocycles. The van der Waals surface area contributed by atoms with E-state index in [1.165, 1.54) is 27.2 Å². The van der Waals surface area contributed by atoms with Crippen LogP contribution in [-0.2, 0) is 28.5 Å². The summed E-state index contributed by atoms with van der Waals surface area (Å²) in [6.45, 7) is 2.31. The Labute approximate surface area is 156 Å². The summed E-state index contributed by atoms with van der Waals surface area (Å²) in [6.07, 6.45) is -2.08. The molecular formula is C14H16BrClN2O7. The maximum Gasteiger partial charge on any atom is 0.351 e. The monoisotopic (exact) mass is 438 g/mol. The molecule has 9 nitrogen and oxygen atoms in total. The minimum atomic E-state index is -0.955. The van der Waals surface area contributed by atoms with Crippen LogP contribution in [0.25, 0.3) is 0 Å². The van der Waals surface area contributed by atoms with Gasteiger partial charge in [-0.25, -0.2) is 4.79 Å². The van der Waals surface area contributed by atoms with Crippen LogP contribution in [0.15, 0.2) is 15.5 Å². The van der Waals surface area contributed by atoms with Gasteiger partial charge < -0.3 is 18.9 Å². The van der Waals surface area contributed by atoms with Gasteiger partial charge in [-0.15, -0.1) is 0 Å². The van der Waals surface area contributed by atoms with Crippen LogP contribution in [0.5, 0.6) is 0 Å². The number of nitrogens with zero attached hydrogens (tertiary/aromatic N) is 2. The van der Waals surface area contributed by atoms with Crippen molar-refractivity contribution in [1.29, 1.82) is 0 Å². The zero-order valence-electron chi connectivity index (χ0n) is 13.6. The SMILES string of the molecule is CO[C@H]1C(OC(C)=O)[C@@H](COC(C)=O)O[C@H]1n1cc(Br)c(Cl)nc1=O. The standard InChI is InChI=1S/C14H16BrClN2O7/c1-6(19)23-5-9-10(24-7(2)20)11(22-3)13(25-9)18-4-8(15)12(16)17-14(18)21/h4,9-11,13H,5H2,1-3H3/t9-,10?,11+,13-/m1/s1. The second-order valence-electron chi connectivity index (χ2n) is 5.21. The molecule has 1 saturated heterocycles. The number of halogens is 2. The molecule has 0 saturated carbocycles. The molecule has 1 aliphatic rings. The topological polar surface area (TPSA) is 106 Å². The van der Waals surface area contributed by atoms with E-state index in [0.29, 0.717) is 4.47 Å². The summed E-state index contributed by atoms with van der Waals surface area (Å²) >= 11 is 8.99. The Bertz CT molecular complexity index is 726. The Morgan fingerprint density at radius 1 is 1.36 bits per heavy atom. The average Bonchev–Trinajstić information content (AvgIpc) is 2.85. The second-order valence-corrected chi connectivity index (χ2v) is 6.42. The number of aromatic nitrogens is 2. The Morgan fingerprint density at radius 2 is 2.04 bits per heavy atom. The first-order valence-electron chi connectivity index (χ1n) is 7.17. The molecule has 0 spiro atoms. The van der Waals surface area contributed by atoms with Crippen LogP contribution in [0, 0.1) is 0 Å². The quantitative estimate of drug-likeness (QED) is 0.495. The van der Waals surface area contributed by atoms with Crippen LogP contribution in [0.2, 0.25) is 5.15 Å². The molecule has 2 heterocycles. The first-order chi connectivity index (χ1) is 11.7. The fraction of sp³-hybridized carbons (Fsp3) is 0.571. The number of rotatable bonds is 5. The minimum Gasteiger partial charge on any atom is -0.463 e. The third kappa shape index (κ3) is 4.57. The molecule has 0 aromatic carbocycles. The molecule has 1 aromatic heterocycles. The van der Waals surface area contributed by atoms with Crippen molar-refractivity contribution in [1.82, 2.24) is 9.55 Å². The Kier molecular flexibility index (Phi) is 6.55. The predicted molar refractivity (Wildman–Crippen MR) is 88.1 cm³/mol. The van der Waals surface area contributed by atoms with Crippen LogP contribution >= 0.6 is 27.5 Å². The maximum atomic E-state index is 12.2. The van der Waals surface area contributed by atoms with E-state index in [0.717, 1.165) is 4.57 Å². The van der Waals surface area contributed by atoms with Gasteiger partial charge in [-0.2, -0.15) is 4.98 Å². The number of ether oxygens (including phenoxy) is 4. The Morgan fingerprint density at radius 3 is 2.60 bits per heavy atom. The van der Waals surface area contributed by atoms with Crippen LogP contribution < -0.4 is 5.69 Å². The molecule has 2 rings (SSSR count). The summed E-state index contributed by atoms with van der Waals surface area (Å²) < 4.78 is 22.9. The number of hydrogen-bond acceptors (Lipinski definition) is 8. The normalized spacial score (nSPS) is 25.6. The number of hydrogen-bond donors (Lipinski definition) is 0. The van der Waals surface area contributed by atoms with E-state index in [-0.39, 0.29) is 11.8 Å². The highest BCUT2D eigenvalue weighted by atomic mass is 79.9. The van der Waals surface area contributed by atoms with Gasteiger partial charge in [-0.05, 0) is 15.9 Å². The van der Waals surface area contributed by atoms with Gasteiger partial charge in [-0.1, -0.05) is 11.6 Å². The fourth-order valence-corrected chi connectivity index (χ4v) is 2.89. The van der Waals surface area contributed by atoms with Gasteiger partial charge in [0.05, 0.1) is 4.47 Å². The molecule has 1 fully saturated rings. The van der Waals surface area contributed by atoms with Gasteiger partial charge in [0.1, 0.15) is 18.8 Å². The van der Waals surface area contributed by atoms with Crippen LogP contribution in [-0.4, -0.2) is 53.5 Å². The predicted octanol–water partition coefficient (Wildman–Crippen LogP) is 1.07. The summed E-state index contributed by atoms with van der Waals surface area (Å²) in [5.41, 5.74) is -0.671. The van der Waals surface area contributed by atoms with Gasteiger partial charge in [0.2, 0.25) is 0 Å². The second kappa shape index (κ2) is 8.26. The number of methoxy groups -OCH3 is 1. The zero-order chi connectivity index (χ0) is 18.7. The molecule has 0 amide bonds. The fourth-order valence-electron chi connectivity index (χ4n) is 2.46. The molecule has 0 bridgehead atoms. The Balaban J connectivity index is 2.37. The summed E-state index contributed by atoms with van der Waals surface area (Å²) in [5.74, 6) is -1.08. The largest absolute Gasteiger partial charge is 0.463 e. The summed E-state index contributed by atoms with van der Waals surface area (Å²) in [4.78, 5) is 38.3. The van der Waals surface area contributed by atoms with E-state index in [9.17, 15) is 14.4 Å². The van der Waals surface area contributed by atoms with Crippen molar-refractivity contribution in [3.8, 4) is 0 Å². The average molecular weight is 440 g/mol. The summed E-state index contributed by atoms with van der Waals surface area (Å²) in [7, 11) is 1.38. The highest BCUT2D eigenvalue weighted by Crippen LogP contribution is 2.33. The highest BCUT2D eigenvalue weighted by molar-refractivity contribution is 9.10. The lowest BCUT2D eigenvalue weighted by molar-refractivity contribution is -0.157. The Hall–Kier alpha value is -1.49. The minimum absolute atomic E-state index is 0.00112. The van der Waals surface area contributed by atoms with Gasteiger partial charge in [0.25, 0.3) is 0 Å². The van der Waals surface area contributed by atoms with Crippen molar-refractivity contribution < 1.29 is 28.5 Å². The van der Waals surface area contributed by atoms with Crippen LogP contribution in [0.3, 0.4) is 0 Å². The van der Waals surface area contributed by atoms with Crippen molar-refractivity contribution in [2.75, 3.05) is 13.7 Å². The molecule has 11 heteroatoms. The lowest BCUT2D eigenvalue weighted by Crippen LogP contribution is -2.40. The van der Waals surface area contributed by atoms with E-state index < -0.39 is 42.2 Å². The van der Waals surface area contributed by atoms with Crippen molar-refractivity contribution in [2.45, 2.75) is 38.4 Å². The van der Waals surface area contributed by atoms with E-state index >= 15 is 0 Å². The third-order valence-corrected chi connectivity index (χ3v) is 4.55. The lowest BCUT2D eigenvalue weighted by Gasteiger charge is -2.23. The molecule has 138 valence electrons. The molecule has 25 heavy (non-hydrogen) atoms. The molecule has 1 aliphatic heterocycles. The molecule has 4 atom stereocenters. The molecule has 1 aromatic rings. The van der Waals surface area contributed by atoms with E-state index in [4.69, 9.17) is 30.5 Å². The number of carbonyl (C=O) groups excluding carboxylic acids is 2. The number of carbonyl (C=O) groups is 2. The molecule has 0 radical (unpaired) electrons. The van der Waals surface area contributed by atoms with Crippen molar-refractivity contribution in [3.05, 3.63) is 26.3 Å². The first kappa shape index (κ1) is 19.8. The maximum absolute atomic E-state index is 12.2. The summed E-state index contributed by atoms with van der Waals surface area (Å²) in [5, 5.41) is 0.00112.